The van der Waals surface area contributed by atoms with Gasteiger partial charge in [0.15, 0.2) is 0 Å². The van der Waals surface area contributed by atoms with Gasteiger partial charge in [-0.2, -0.15) is 15.0 Å². The highest BCUT2D eigenvalue weighted by Crippen LogP contribution is 2.30. The molecule has 8 heteroatoms. The number of hydrogen-bond donors (Lipinski definition) is 1. The second-order valence-corrected chi connectivity index (χ2v) is 5.03. The monoisotopic (exact) mass is 378 g/mol. The van der Waals surface area contributed by atoms with Gasteiger partial charge in [-0.05, 0) is 45.7 Å². The van der Waals surface area contributed by atoms with Crippen molar-refractivity contribution in [3.63, 3.8) is 0 Å². The minimum absolute atomic E-state index is 0.00762. The summed E-state index contributed by atoms with van der Waals surface area (Å²) >= 11 is 12.3. The largest absolute Gasteiger partial charge is 0.423 e. The number of aromatic nitrogens is 3. The fourth-order valence-corrected chi connectivity index (χ4v) is 2.34. The molecule has 0 saturated carbocycles. The maximum Gasteiger partial charge on any atom is 0.328 e. The lowest BCUT2D eigenvalue weighted by Crippen LogP contribution is -2.00. The number of halogens is 3. The van der Waals surface area contributed by atoms with Crippen LogP contribution >= 0.6 is 43.5 Å². The van der Waals surface area contributed by atoms with Crippen LogP contribution in [0, 0.1) is 0 Å². The Hall–Kier alpha value is -0.920. The van der Waals surface area contributed by atoms with E-state index in [0.717, 1.165) is 8.95 Å². The maximum absolute atomic E-state index is 5.64. The molecule has 1 aromatic heterocycles. The number of nitrogens with zero attached hydrogens (tertiary/aromatic N) is 3. The fraction of sp³-hybridized carbons (Fsp3) is 0. The average Bonchev–Trinajstić information content (AvgIpc) is 2.21. The molecule has 1 aromatic carbocycles. The molecule has 0 aliphatic heterocycles. The van der Waals surface area contributed by atoms with Crippen molar-refractivity contribution in [3.05, 3.63) is 32.4 Å². The molecule has 17 heavy (non-hydrogen) atoms. The van der Waals surface area contributed by atoms with E-state index in [9.17, 15) is 0 Å². The van der Waals surface area contributed by atoms with Gasteiger partial charge in [0.2, 0.25) is 11.2 Å². The second kappa shape index (κ2) is 5.16. The highest BCUT2D eigenvalue weighted by molar-refractivity contribution is 9.11. The van der Waals surface area contributed by atoms with Crippen molar-refractivity contribution < 1.29 is 4.74 Å². The Morgan fingerprint density at radius 2 is 1.94 bits per heavy atom. The van der Waals surface area contributed by atoms with Gasteiger partial charge < -0.3 is 10.5 Å². The predicted octanol–water partition coefficient (Wildman–Crippen LogP) is 3.42. The van der Waals surface area contributed by atoms with Crippen LogP contribution in [-0.4, -0.2) is 15.0 Å². The van der Waals surface area contributed by atoms with Crippen LogP contribution in [0.1, 0.15) is 0 Å². The zero-order chi connectivity index (χ0) is 12.4. The summed E-state index contributed by atoms with van der Waals surface area (Å²) in [4.78, 5) is 11.2. The molecule has 0 fully saturated rings. The van der Waals surface area contributed by atoms with Gasteiger partial charge in [-0.15, -0.1) is 0 Å². The van der Waals surface area contributed by atoms with Gasteiger partial charge in [0, 0.05) is 4.47 Å². The number of hydrogen-bond acceptors (Lipinski definition) is 5. The van der Waals surface area contributed by atoms with Crippen molar-refractivity contribution in [2.24, 2.45) is 0 Å². The minimum atomic E-state index is -0.0132. The lowest BCUT2D eigenvalue weighted by molar-refractivity contribution is 0.438. The molecular formula is C9H5Br2ClN4O. The first-order valence-electron chi connectivity index (χ1n) is 4.34. The Kier molecular flexibility index (Phi) is 3.80. The summed E-state index contributed by atoms with van der Waals surface area (Å²) in [7, 11) is 0. The van der Waals surface area contributed by atoms with Crippen molar-refractivity contribution in [3.8, 4) is 11.8 Å². The van der Waals surface area contributed by atoms with Crippen LogP contribution in [0.4, 0.5) is 5.95 Å². The van der Waals surface area contributed by atoms with E-state index in [4.69, 9.17) is 22.1 Å². The molecule has 0 atom stereocenters. The summed E-state index contributed by atoms with van der Waals surface area (Å²) in [6.45, 7) is 0. The third-order valence-corrected chi connectivity index (χ3v) is 2.98. The molecule has 5 nitrogen and oxygen atoms in total. The molecule has 0 aliphatic carbocycles. The molecule has 1 heterocycles. The summed E-state index contributed by atoms with van der Waals surface area (Å²) in [5, 5.41) is -0.0132. The maximum atomic E-state index is 5.64. The van der Waals surface area contributed by atoms with Gasteiger partial charge in [-0.25, -0.2) is 0 Å². The number of nitrogen functional groups attached to an aromatic ring is 1. The molecule has 0 radical (unpaired) electrons. The second-order valence-electron chi connectivity index (χ2n) is 2.92. The Balaban J connectivity index is 2.31. The van der Waals surface area contributed by atoms with Gasteiger partial charge in [-0.1, -0.05) is 15.9 Å². The van der Waals surface area contributed by atoms with Gasteiger partial charge in [0.1, 0.15) is 5.75 Å². The first-order valence-corrected chi connectivity index (χ1v) is 6.31. The summed E-state index contributed by atoms with van der Waals surface area (Å²) in [5.74, 6) is 0.558. The van der Waals surface area contributed by atoms with Gasteiger partial charge in [0.25, 0.3) is 0 Å². The SMILES string of the molecule is Nc1nc(Cl)nc(Oc2ccc(Br)cc2Br)n1. The van der Waals surface area contributed by atoms with Gasteiger partial charge >= 0.3 is 6.01 Å². The Bertz CT molecular complexity index is 546. The Morgan fingerprint density at radius 1 is 1.18 bits per heavy atom. The highest BCUT2D eigenvalue weighted by atomic mass is 79.9. The molecule has 0 spiro atoms. The van der Waals surface area contributed by atoms with E-state index >= 15 is 0 Å². The lowest BCUT2D eigenvalue weighted by atomic mass is 10.3. The third-order valence-electron chi connectivity index (χ3n) is 1.70. The predicted molar refractivity (Wildman–Crippen MR) is 71.2 cm³/mol. The van der Waals surface area contributed by atoms with Crippen molar-refractivity contribution in [2.45, 2.75) is 0 Å². The summed E-state index contributed by atoms with van der Waals surface area (Å²) < 4.78 is 7.10. The fourth-order valence-electron chi connectivity index (χ4n) is 1.05. The van der Waals surface area contributed by atoms with E-state index in [1.165, 1.54) is 0 Å². The van der Waals surface area contributed by atoms with E-state index in [2.05, 4.69) is 46.8 Å². The molecule has 0 bridgehead atoms. The van der Waals surface area contributed by atoms with Crippen molar-refractivity contribution in [1.29, 1.82) is 0 Å². The average molecular weight is 380 g/mol. The summed E-state index contributed by atoms with van der Waals surface area (Å²) in [5.41, 5.74) is 5.43. The molecule has 0 unspecified atom stereocenters. The minimum Gasteiger partial charge on any atom is -0.423 e. The molecule has 0 amide bonds. The van der Waals surface area contributed by atoms with Crippen molar-refractivity contribution in [2.75, 3.05) is 5.73 Å². The first kappa shape index (κ1) is 12.5. The Labute approximate surface area is 119 Å². The van der Waals surface area contributed by atoms with Crippen LogP contribution in [-0.2, 0) is 0 Å². The smallest absolute Gasteiger partial charge is 0.328 e. The van der Waals surface area contributed by atoms with Crippen LogP contribution < -0.4 is 10.5 Å². The molecule has 2 rings (SSSR count). The van der Waals surface area contributed by atoms with Crippen LogP contribution in [0.25, 0.3) is 0 Å². The standard InChI is InChI=1S/C9H5Br2ClN4O/c10-4-1-2-6(5(11)3-4)17-9-15-7(12)14-8(13)16-9/h1-3H,(H2,13,14,15,16). The van der Waals surface area contributed by atoms with Crippen molar-refractivity contribution in [1.82, 2.24) is 15.0 Å². The molecule has 2 N–H and O–H groups in total. The normalized spacial score (nSPS) is 10.3. The van der Waals surface area contributed by atoms with Crippen LogP contribution in [0.5, 0.6) is 11.8 Å². The third kappa shape index (κ3) is 3.27. The molecule has 2 aromatic rings. The topological polar surface area (TPSA) is 73.9 Å². The Morgan fingerprint density at radius 3 is 2.59 bits per heavy atom. The summed E-state index contributed by atoms with van der Waals surface area (Å²) in [6.07, 6.45) is 0. The van der Waals surface area contributed by atoms with E-state index in [1.807, 2.05) is 12.1 Å². The van der Waals surface area contributed by atoms with E-state index in [-0.39, 0.29) is 17.2 Å². The van der Waals surface area contributed by atoms with Gasteiger partial charge in [-0.3, -0.25) is 0 Å². The number of benzene rings is 1. The van der Waals surface area contributed by atoms with Crippen molar-refractivity contribution >= 4 is 49.4 Å². The highest BCUT2D eigenvalue weighted by Gasteiger charge is 2.08. The zero-order valence-corrected chi connectivity index (χ0v) is 12.1. The molecule has 0 aliphatic rings. The van der Waals surface area contributed by atoms with Crippen LogP contribution in [0.15, 0.2) is 27.1 Å². The van der Waals surface area contributed by atoms with Crippen LogP contribution in [0.2, 0.25) is 5.28 Å². The first-order chi connectivity index (χ1) is 8.04. The number of anilines is 1. The molecular weight excluding hydrogens is 375 g/mol. The van der Waals surface area contributed by atoms with Crippen LogP contribution in [0.3, 0.4) is 0 Å². The van der Waals surface area contributed by atoms with E-state index in [0.29, 0.717) is 5.75 Å². The quantitative estimate of drug-likeness (QED) is 0.864. The summed E-state index contributed by atoms with van der Waals surface area (Å²) in [6, 6.07) is 5.46. The number of ether oxygens (including phenoxy) is 1. The molecule has 88 valence electrons. The lowest BCUT2D eigenvalue weighted by Gasteiger charge is -2.06. The van der Waals surface area contributed by atoms with E-state index < -0.39 is 0 Å². The van der Waals surface area contributed by atoms with E-state index in [1.54, 1.807) is 6.07 Å². The molecule has 0 saturated heterocycles. The number of nitrogens with two attached hydrogens (primary N) is 1. The van der Waals surface area contributed by atoms with Gasteiger partial charge in [0.05, 0.1) is 4.47 Å². The number of rotatable bonds is 2. The zero-order valence-electron chi connectivity index (χ0n) is 8.19.